The summed E-state index contributed by atoms with van der Waals surface area (Å²) in [6.07, 6.45) is -5.05. The predicted octanol–water partition coefficient (Wildman–Crippen LogP) is 3.94. The van der Waals surface area contributed by atoms with Gasteiger partial charge in [-0.25, -0.2) is 4.79 Å². The van der Waals surface area contributed by atoms with Gasteiger partial charge in [0.1, 0.15) is 16.9 Å². The molecule has 2 aromatic carbocycles. The van der Waals surface area contributed by atoms with Gasteiger partial charge in [0.15, 0.2) is 11.7 Å². The molecule has 0 bridgehead atoms. The van der Waals surface area contributed by atoms with Gasteiger partial charge >= 0.3 is 12.1 Å². The van der Waals surface area contributed by atoms with E-state index in [4.69, 9.17) is 19.0 Å². The Kier molecular flexibility index (Phi) is 7.00. The van der Waals surface area contributed by atoms with Crippen LogP contribution in [-0.4, -0.2) is 54.9 Å². The lowest BCUT2D eigenvalue weighted by atomic mass is 10.1. The largest absolute Gasteiger partial charge is 0.493 e. The molecule has 35 heavy (non-hydrogen) atoms. The van der Waals surface area contributed by atoms with Gasteiger partial charge in [0.2, 0.25) is 5.43 Å². The standard InChI is InChI=1S/C25H22F3NO6/c1-15-4-2-5-17-19(30)13-21(35-23(15)17)18-7-6-16(25(26,27)28)12-20(18)33-10-3-8-29-9-11-34-22(14-29)24(31)32/h4,6-7,12-13,22H,3,8-11,14H2,1H3,(H,31,32). The van der Waals surface area contributed by atoms with Crippen LogP contribution in [0.25, 0.3) is 22.3 Å². The zero-order valence-corrected chi connectivity index (χ0v) is 18.8. The SMILES string of the molecule is Cc1cc#cc2c(=O)cc(-c3ccc(C(F)(F)F)cc3OCCCN3CCOC(C(=O)O)C3)oc12. The molecule has 0 spiro atoms. The van der Waals surface area contributed by atoms with Crippen molar-refractivity contribution >= 4 is 16.9 Å². The van der Waals surface area contributed by atoms with Crippen molar-refractivity contribution in [1.29, 1.82) is 0 Å². The maximum atomic E-state index is 13.4. The smallest absolute Gasteiger partial charge is 0.416 e. The average Bonchev–Trinajstić information content (AvgIpc) is 2.82. The van der Waals surface area contributed by atoms with E-state index in [-0.39, 0.29) is 47.8 Å². The van der Waals surface area contributed by atoms with E-state index in [9.17, 15) is 22.8 Å². The number of carboxylic acid groups (broad SMARTS) is 1. The number of fused-ring (bicyclic) bond motifs is 1. The number of benzene rings is 1. The third-order valence-electron chi connectivity index (χ3n) is 5.67. The number of halogens is 3. The Bertz CT molecular complexity index is 1290. The fourth-order valence-corrected chi connectivity index (χ4v) is 3.85. The maximum Gasteiger partial charge on any atom is 0.416 e. The van der Waals surface area contributed by atoms with Crippen LogP contribution in [0.2, 0.25) is 0 Å². The van der Waals surface area contributed by atoms with E-state index in [1.54, 1.807) is 13.0 Å². The number of hydrogen-bond acceptors (Lipinski definition) is 6. The quantitative estimate of drug-likeness (QED) is 0.503. The number of rotatable bonds is 7. The van der Waals surface area contributed by atoms with Gasteiger partial charge in [-0.1, -0.05) is 12.1 Å². The summed E-state index contributed by atoms with van der Waals surface area (Å²) in [5.41, 5.74) is -0.167. The van der Waals surface area contributed by atoms with Crippen LogP contribution in [-0.2, 0) is 15.7 Å². The van der Waals surface area contributed by atoms with Gasteiger partial charge in [0.05, 0.1) is 24.3 Å². The Labute approximate surface area is 198 Å². The van der Waals surface area contributed by atoms with Crippen LogP contribution >= 0.6 is 0 Å². The summed E-state index contributed by atoms with van der Waals surface area (Å²) in [6, 6.07) is 11.2. The molecule has 0 saturated carbocycles. The molecule has 0 radical (unpaired) electrons. The highest BCUT2D eigenvalue weighted by Gasteiger charge is 2.32. The van der Waals surface area contributed by atoms with Crippen molar-refractivity contribution in [2.45, 2.75) is 25.6 Å². The Morgan fingerprint density at radius 1 is 1.31 bits per heavy atom. The molecule has 1 unspecified atom stereocenters. The number of carbonyl (C=O) groups is 1. The highest BCUT2D eigenvalue weighted by Crippen LogP contribution is 2.37. The number of hydrogen-bond donors (Lipinski definition) is 1. The van der Waals surface area contributed by atoms with E-state index in [2.05, 4.69) is 12.1 Å². The Morgan fingerprint density at radius 3 is 2.86 bits per heavy atom. The van der Waals surface area contributed by atoms with E-state index >= 15 is 0 Å². The van der Waals surface area contributed by atoms with Gasteiger partial charge in [-0.3, -0.25) is 9.69 Å². The number of ether oxygens (including phenoxy) is 2. The van der Waals surface area contributed by atoms with Gasteiger partial charge in [-0.05, 0) is 37.6 Å². The molecule has 1 aromatic heterocycles. The lowest BCUT2D eigenvalue weighted by Crippen LogP contribution is -2.46. The van der Waals surface area contributed by atoms with Gasteiger partial charge < -0.3 is 19.0 Å². The number of alkyl halides is 3. The summed E-state index contributed by atoms with van der Waals surface area (Å²) < 4.78 is 56.9. The highest BCUT2D eigenvalue weighted by atomic mass is 19.4. The molecular weight excluding hydrogens is 467 g/mol. The van der Waals surface area contributed by atoms with E-state index in [0.29, 0.717) is 25.1 Å². The van der Waals surface area contributed by atoms with Crippen molar-refractivity contribution in [2.24, 2.45) is 0 Å². The second kappa shape index (κ2) is 9.98. The van der Waals surface area contributed by atoms with Crippen LogP contribution in [0.4, 0.5) is 13.2 Å². The third-order valence-corrected chi connectivity index (χ3v) is 5.67. The van der Waals surface area contributed by atoms with Crippen molar-refractivity contribution in [3.8, 4) is 17.1 Å². The first-order valence-corrected chi connectivity index (χ1v) is 10.9. The Morgan fingerprint density at radius 2 is 2.11 bits per heavy atom. The normalized spacial score (nSPS) is 16.7. The van der Waals surface area contributed by atoms with Crippen molar-refractivity contribution in [3.63, 3.8) is 0 Å². The Balaban J connectivity index is 1.57. The molecule has 1 atom stereocenters. The van der Waals surface area contributed by atoms with Crippen LogP contribution in [0.15, 0.2) is 39.5 Å². The number of morpholine rings is 1. The van der Waals surface area contributed by atoms with Crippen molar-refractivity contribution < 1.29 is 37.0 Å². The third kappa shape index (κ3) is 5.58. The van der Waals surface area contributed by atoms with E-state index < -0.39 is 29.2 Å². The number of aliphatic carboxylic acids is 1. The lowest BCUT2D eigenvalue weighted by Gasteiger charge is -2.30. The monoisotopic (exact) mass is 489 g/mol. The Hall–Kier alpha value is -3.55. The van der Waals surface area contributed by atoms with E-state index in [0.717, 1.165) is 12.1 Å². The van der Waals surface area contributed by atoms with Crippen molar-refractivity contribution in [2.75, 3.05) is 32.8 Å². The number of aryl methyl sites for hydroxylation is 1. The second-order valence-corrected chi connectivity index (χ2v) is 8.18. The summed E-state index contributed by atoms with van der Waals surface area (Å²) >= 11 is 0. The summed E-state index contributed by atoms with van der Waals surface area (Å²) in [4.78, 5) is 25.6. The molecule has 1 N–H and O–H groups in total. The van der Waals surface area contributed by atoms with Gasteiger partial charge in [0, 0.05) is 31.3 Å². The second-order valence-electron chi connectivity index (χ2n) is 8.18. The summed E-state index contributed by atoms with van der Waals surface area (Å²) in [5, 5.41) is 9.31. The molecule has 184 valence electrons. The molecule has 3 aromatic rings. The molecule has 0 aliphatic carbocycles. The molecule has 7 nitrogen and oxygen atoms in total. The molecule has 4 rings (SSSR count). The van der Waals surface area contributed by atoms with E-state index in [1.807, 2.05) is 4.90 Å². The molecule has 1 aliphatic heterocycles. The van der Waals surface area contributed by atoms with Gasteiger partial charge in [0.25, 0.3) is 0 Å². The summed E-state index contributed by atoms with van der Waals surface area (Å²) in [7, 11) is 0. The fraction of sp³-hybridized carbons (Fsp3) is 0.360. The fourth-order valence-electron chi connectivity index (χ4n) is 3.85. The average molecular weight is 489 g/mol. The van der Waals surface area contributed by atoms with Crippen LogP contribution in [0, 0.1) is 19.1 Å². The minimum Gasteiger partial charge on any atom is -0.493 e. The molecular formula is C25H22F3NO6. The minimum absolute atomic E-state index is 0.0724. The maximum absolute atomic E-state index is 13.4. The molecule has 0 amide bonds. The molecule has 10 heteroatoms. The highest BCUT2D eigenvalue weighted by molar-refractivity contribution is 5.80. The van der Waals surface area contributed by atoms with Crippen molar-refractivity contribution in [3.05, 3.63) is 63.8 Å². The van der Waals surface area contributed by atoms with Crippen LogP contribution < -0.4 is 10.2 Å². The zero-order chi connectivity index (χ0) is 25.2. The molecule has 1 fully saturated rings. The van der Waals surface area contributed by atoms with Gasteiger partial charge in [-0.15, -0.1) is 0 Å². The van der Waals surface area contributed by atoms with E-state index in [1.165, 1.54) is 12.1 Å². The van der Waals surface area contributed by atoms with Crippen LogP contribution in [0.3, 0.4) is 0 Å². The molecule has 2 heterocycles. The zero-order valence-electron chi connectivity index (χ0n) is 18.8. The van der Waals surface area contributed by atoms with Crippen molar-refractivity contribution in [1.82, 2.24) is 4.90 Å². The van der Waals surface area contributed by atoms with Crippen LogP contribution in [0.5, 0.6) is 5.75 Å². The van der Waals surface area contributed by atoms with Crippen LogP contribution in [0.1, 0.15) is 17.5 Å². The summed E-state index contributed by atoms with van der Waals surface area (Å²) in [6.45, 7) is 3.34. The molecule has 1 aliphatic rings. The number of nitrogens with zero attached hydrogens (tertiary/aromatic N) is 1. The molecule has 1 saturated heterocycles. The first kappa shape index (κ1) is 24.6. The predicted molar refractivity (Wildman–Crippen MR) is 119 cm³/mol. The minimum atomic E-state index is -4.58. The number of carboxylic acids is 1. The topological polar surface area (TPSA) is 89.2 Å². The van der Waals surface area contributed by atoms with Gasteiger partial charge in [-0.2, -0.15) is 13.2 Å². The summed E-state index contributed by atoms with van der Waals surface area (Å²) in [5.74, 6) is -1.04. The first-order chi connectivity index (χ1) is 16.6. The lowest BCUT2D eigenvalue weighted by molar-refractivity contribution is -0.156. The first-order valence-electron chi connectivity index (χ1n) is 10.9.